The molecule has 2 atom stereocenters. The molecule has 1 amide bonds. The van der Waals surface area contributed by atoms with Crippen LogP contribution in [0.1, 0.15) is 39.9 Å². The Morgan fingerprint density at radius 1 is 1.36 bits per heavy atom. The summed E-state index contributed by atoms with van der Waals surface area (Å²) in [5.74, 6) is 0.920. The molecule has 0 bridgehead atoms. The Labute approximate surface area is 133 Å². The molecule has 1 N–H and O–H groups in total. The Bertz CT molecular complexity index is 460. The van der Waals surface area contributed by atoms with Crippen LogP contribution in [0.4, 0.5) is 0 Å². The first-order valence-electron chi connectivity index (χ1n) is 8.06. The van der Waals surface area contributed by atoms with E-state index in [0.717, 1.165) is 18.8 Å². The molecule has 1 fully saturated rings. The number of hydrogen-bond acceptors (Lipinski definition) is 4. The monoisotopic (exact) mass is 308 g/mol. The van der Waals surface area contributed by atoms with Gasteiger partial charge in [-0.1, -0.05) is 0 Å². The van der Waals surface area contributed by atoms with Crippen LogP contribution in [0.25, 0.3) is 0 Å². The van der Waals surface area contributed by atoms with Crippen LogP contribution in [0.3, 0.4) is 0 Å². The van der Waals surface area contributed by atoms with E-state index in [1.54, 1.807) is 6.26 Å². The third kappa shape index (κ3) is 4.85. The molecular weight excluding hydrogens is 280 g/mol. The topological polar surface area (TPSA) is 54.7 Å². The lowest BCUT2D eigenvalue weighted by Crippen LogP contribution is -2.58. The number of nitrogens with one attached hydrogen (secondary N) is 1. The van der Waals surface area contributed by atoms with Crippen molar-refractivity contribution in [3.05, 3.63) is 24.2 Å². The van der Waals surface area contributed by atoms with Crippen molar-refractivity contribution in [2.24, 2.45) is 0 Å². The quantitative estimate of drug-likeness (QED) is 0.875. The average molecular weight is 308 g/mol. The highest BCUT2D eigenvalue weighted by Crippen LogP contribution is 2.20. The van der Waals surface area contributed by atoms with Gasteiger partial charge >= 0.3 is 0 Å². The van der Waals surface area contributed by atoms with Crippen molar-refractivity contribution in [1.82, 2.24) is 10.2 Å². The third-order valence-corrected chi connectivity index (χ3v) is 4.17. The molecule has 1 saturated heterocycles. The number of morpholine rings is 1. The number of hydrogen-bond donors (Lipinski definition) is 1. The van der Waals surface area contributed by atoms with Crippen LogP contribution in [0.2, 0.25) is 0 Å². The minimum absolute atomic E-state index is 0.0684. The zero-order valence-corrected chi connectivity index (χ0v) is 14.1. The lowest BCUT2D eigenvalue weighted by atomic mass is 10.00. The van der Waals surface area contributed by atoms with Gasteiger partial charge in [-0.05, 0) is 39.8 Å². The molecule has 5 heteroatoms. The molecule has 0 saturated carbocycles. The zero-order chi connectivity index (χ0) is 16.2. The molecule has 1 aromatic heterocycles. The zero-order valence-electron chi connectivity index (χ0n) is 14.1. The van der Waals surface area contributed by atoms with Crippen molar-refractivity contribution in [3.63, 3.8) is 0 Å². The highest BCUT2D eigenvalue weighted by atomic mass is 16.5. The third-order valence-electron chi connectivity index (χ3n) is 4.17. The molecule has 0 radical (unpaired) electrons. The van der Waals surface area contributed by atoms with Crippen molar-refractivity contribution in [2.75, 3.05) is 19.6 Å². The highest BCUT2D eigenvalue weighted by molar-refractivity contribution is 5.76. The van der Waals surface area contributed by atoms with E-state index in [0.29, 0.717) is 19.4 Å². The summed E-state index contributed by atoms with van der Waals surface area (Å²) in [6.45, 7) is 11.0. The summed E-state index contributed by atoms with van der Waals surface area (Å²) in [5.41, 5.74) is -0.0767. The normalized spacial score (nSPS) is 23.5. The number of amides is 1. The summed E-state index contributed by atoms with van der Waals surface area (Å²) in [5, 5.41) is 3.05. The molecule has 1 aliphatic rings. The molecule has 0 spiro atoms. The van der Waals surface area contributed by atoms with Gasteiger partial charge in [-0.2, -0.15) is 0 Å². The van der Waals surface area contributed by atoms with E-state index >= 15 is 0 Å². The molecule has 5 nitrogen and oxygen atoms in total. The van der Waals surface area contributed by atoms with Crippen LogP contribution in [0.15, 0.2) is 22.8 Å². The molecule has 1 aliphatic heterocycles. The number of nitrogens with zero attached hydrogens (tertiary/aromatic N) is 1. The van der Waals surface area contributed by atoms with Crippen LogP contribution in [-0.4, -0.2) is 48.2 Å². The van der Waals surface area contributed by atoms with Gasteiger partial charge < -0.3 is 14.5 Å². The molecule has 1 aromatic rings. The van der Waals surface area contributed by atoms with E-state index in [9.17, 15) is 4.79 Å². The molecule has 0 unspecified atom stereocenters. The van der Waals surface area contributed by atoms with Crippen LogP contribution in [0.5, 0.6) is 0 Å². The Balaban J connectivity index is 1.77. The summed E-state index contributed by atoms with van der Waals surface area (Å²) in [4.78, 5) is 14.4. The van der Waals surface area contributed by atoms with Gasteiger partial charge in [-0.3, -0.25) is 9.69 Å². The van der Waals surface area contributed by atoms with Gasteiger partial charge in [0.1, 0.15) is 5.76 Å². The number of rotatable bonds is 6. The summed E-state index contributed by atoms with van der Waals surface area (Å²) in [6, 6.07) is 3.74. The van der Waals surface area contributed by atoms with Crippen LogP contribution in [0, 0.1) is 0 Å². The summed E-state index contributed by atoms with van der Waals surface area (Å²) < 4.78 is 11.0. The molecule has 124 valence electrons. The molecular formula is C17H28N2O3. The molecule has 2 rings (SSSR count). The highest BCUT2D eigenvalue weighted by Gasteiger charge is 2.33. The van der Waals surface area contributed by atoms with Gasteiger partial charge in [-0.15, -0.1) is 0 Å². The van der Waals surface area contributed by atoms with E-state index in [1.807, 2.05) is 12.1 Å². The second-order valence-electron chi connectivity index (χ2n) is 6.83. The van der Waals surface area contributed by atoms with Crippen molar-refractivity contribution in [2.45, 2.75) is 58.3 Å². The minimum Gasteiger partial charge on any atom is -0.469 e. The summed E-state index contributed by atoms with van der Waals surface area (Å²) >= 11 is 0. The van der Waals surface area contributed by atoms with E-state index in [1.165, 1.54) is 0 Å². The van der Waals surface area contributed by atoms with Crippen molar-refractivity contribution < 1.29 is 13.9 Å². The predicted octanol–water partition coefficient (Wildman–Crippen LogP) is 2.22. The van der Waals surface area contributed by atoms with E-state index in [4.69, 9.17) is 9.15 Å². The smallest absolute Gasteiger partial charge is 0.220 e. The maximum absolute atomic E-state index is 12.0. The number of ether oxygens (including phenoxy) is 1. The first-order valence-corrected chi connectivity index (χ1v) is 8.06. The largest absolute Gasteiger partial charge is 0.469 e. The first-order chi connectivity index (χ1) is 10.4. The van der Waals surface area contributed by atoms with Gasteiger partial charge in [0, 0.05) is 38.0 Å². The van der Waals surface area contributed by atoms with Crippen LogP contribution >= 0.6 is 0 Å². The maximum Gasteiger partial charge on any atom is 0.220 e. The number of furan rings is 1. The first kappa shape index (κ1) is 17.0. The Hall–Kier alpha value is -1.33. The van der Waals surface area contributed by atoms with Gasteiger partial charge in [0.25, 0.3) is 0 Å². The van der Waals surface area contributed by atoms with Gasteiger partial charge in [0.2, 0.25) is 5.91 Å². The Kier molecular flexibility index (Phi) is 5.64. The second kappa shape index (κ2) is 7.29. The predicted molar refractivity (Wildman–Crippen MR) is 85.7 cm³/mol. The lowest BCUT2D eigenvalue weighted by Gasteiger charge is -2.45. The SMILES string of the molecule is C[C@@H]1CN(C(C)(C)CNC(=O)CCc2ccco2)C[C@@H](C)O1. The van der Waals surface area contributed by atoms with E-state index in [-0.39, 0.29) is 23.7 Å². The van der Waals surface area contributed by atoms with Crippen molar-refractivity contribution in [1.29, 1.82) is 0 Å². The van der Waals surface area contributed by atoms with Crippen molar-refractivity contribution in [3.8, 4) is 0 Å². The Morgan fingerprint density at radius 2 is 2.05 bits per heavy atom. The van der Waals surface area contributed by atoms with Crippen LogP contribution < -0.4 is 5.32 Å². The molecule has 0 aliphatic carbocycles. The lowest BCUT2D eigenvalue weighted by molar-refractivity contribution is -0.123. The van der Waals surface area contributed by atoms with Gasteiger partial charge in [0.15, 0.2) is 0 Å². The fraction of sp³-hybridized carbons (Fsp3) is 0.706. The standard InChI is InChI=1S/C17H28N2O3/c1-13-10-19(11-14(2)22-13)17(3,4)12-18-16(20)8-7-15-6-5-9-21-15/h5-6,9,13-14H,7-8,10-12H2,1-4H3,(H,18,20)/t13-,14-/m1/s1. The number of carbonyl (C=O) groups is 1. The van der Waals surface area contributed by atoms with Gasteiger partial charge in [0.05, 0.1) is 18.5 Å². The summed E-state index contributed by atoms with van der Waals surface area (Å²) in [7, 11) is 0. The second-order valence-corrected chi connectivity index (χ2v) is 6.83. The van der Waals surface area contributed by atoms with Crippen LogP contribution in [-0.2, 0) is 16.0 Å². The molecule has 22 heavy (non-hydrogen) atoms. The minimum atomic E-state index is -0.0767. The Morgan fingerprint density at radius 3 is 2.64 bits per heavy atom. The van der Waals surface area contributed by atoms with Gasteiger partial charge in [-0.25, -0.2) is 0 Å². The number of aryl methyl sites for hydroxylation is 1. The van der Waals surface area contributed by atoms with E-state index < -0.39 is 0 Å². The molecule has 2 heterocycles. The number of carbonyl (C=O) groups excluding carboxylic acids is 1. The molecule has 0 aromatic carbocycles. The fourth-order valence-corrected chi connectivity index (χ4v) is 2.88. The average Bonchev–Trinajstić information content (AvgIpc) is 2.95. The van der Waals surface area contributed by atoms with E-state index in [2.05, 4.69) is 37.9 Å². The summed E-state index contributed by atoms with van der Waals surface area (Å²) in [6.07, 6.45) is 3.21. The maximum atomic E-state index is 12.0. The van der Waals surface area contributed by atoms with Crippen molar-refractivity contribution >= 4 is 5.91 Å². The fourth-order valence-electron chi connectivity index (χ4n) is 2.88.